The van der Waals surface area contributed by atoms with Crippen molar-refractivity contribution < 1.29 is 28.7 Å². The van der Waals surface area contributed by atoms with E-state index in [1.807, 2.05) is 59.3 Å². The number of carbonyl (C=O) groups excluding carboxylic acids is 5. The van der Waals surface area contributed by atoms with Gasteiger partial charge in [-0.2, -0.15) is 5.10 Å². The smallest absolute Gasteiger partial charge is 0.262 e. The molecule has 13 heteroatoms. The first-order chi connectivity index (χ1) is 26.4. The van der Waals surface area contributed by atoms with Gasteiger partial charge in [-0.05, 0) is 113 Å². The van der Waals surface area contributed by atoms with Crippen LogP contribution in [-0.2, 0) is 15.1 Å². The van der Waals surface area contributed by atoms with E-state index in [1.165, 1.54) is 0 Å². The highest BCUT2D eigenvalue weighted by Crippen LogP contribution is 2.39. The predicted molar refractivity (Wildman–Crippen MR) is 204 cm³/mol. The number of ether oxygens (including phenoxy) is 1. The number of carbonyl (C=O) groups is 5. The van der Waals surface area contributed by atoms with Crippen molar-refractivity contribution in [1.82, 2.24) is 25.0 Å². The molecule has 13 nitrogen and oxygen atoms in total. The average molecular weight is 744 g/mol. The standard InChI is InChI=1S/C42H45N7O6/c1-42(2,3)49-34(28-9-13-30(22-28)55-37-6-4-5-19-43-37)24-35(46-49)44-38(51)26-7-11-29(12-8-26)47-20-17-25(18-21-47)27-10-14-31-32(23-27)41(54)48(40(31)53)33-15-16-36(50)45-39(33)52/h4-8,10-12,14,19,23-25,28,30,33H,9,13,15-18,20-22H2,1-3H3,(H,44,46,51)(H,45,50,52)/t28-,30+,33?/m0/s1. The van der Waals surface area contributed by atoms with Crippen LogP contribution in [-0.4, -0.2) is 74.4 Å². The Labute approximate surface area is 319 Å². The van der Waals surface area contributed by atoms with Crippen molar-refractivity contribution >= 4 is 41.0 Å². The van der Waals surface area contributed by atoms with Crippen LogP contribution in [0.25, 0.3) is 0 Å². The first kappa shape index (κ1) is 36.1. The zero-order valence-electron chi connectivity index (χ0n) is 31.3. The molecular formula is C42H45N7O6. The molecule has 55 heavy (non-hydrogen) atoms. The van der Waals surface area contributed by atoms with Gasteiger partial charge in [0.1, 0.15) is 12.1 Å². The molecular weight excluding hydrogens is 699 g/mol. The Kier molecular flexibility index (Phi) is 9.48. The highest BCUT2D eigenvalue weighted by atomic mass is 16.5. The van der Waals surface area contributed by atoms with Crippen LogP contribution in [0.4, 0.5) is 11.5 Å². The van der Waals surface area contributed by atoms with E-state index in [0.29, 0.717) is 22.8 Å². The van der Waals surface area contributed by atoms with Crippen LogP contribution in [0, 0.1) is 0 Å². The molecule has 0 spiro atoms. The largest absolute Gasteiger partial charge is 0.474 e. The van der Waals surface area contributed by atoms with Crippen LogP contribution in [0.5, 0.6) is 5.88 Å². The van der Waals surface area contributed by atoms with E-state index in [2.05, 4.69) is 41.3 Å². The van der Waals surface area contributed by atoms with Gasteiger partial charge in [-0.25, -0.2) is 4.98 Å². The minimum atomic E-state index is -0.982. The Morgan fingerprint density at radius 1 is 0.855 bits per heavy atom. The molecule has 5 amide bonds. The van der Waals surface area contributed by atoms with Gasteiger partial charge in [0.25, 0.3) is 17.7 Å². The molecule has 5 heterocycles. The Morgan fingerprint density at radius 2 is 1.62 bits per heavy atom. The third kappa shape index (κ3) is 7.22. The molecule has 2 N–H and O–H groups in total. The maximum absolute atomic E-state index is 13.4. The zero-order valence-corrected chi connectivity index (χ0v) is 31.3. The van der Waals surface area contributed by atoms with E-state index in [9.17, 15) is 24.0 Å². The number of nitrogens with zero attached hydrogens (tertiary/aromatic N) is 5. The molecule has 3 aliphatic heterocycles. The van der Waals surface area contributed by atoms with Crippen LogP contribution in [0.15, 0.2) is 72.9 Å². The Balaban J connectivity index is 0.877. The van der Waals surface area contributed by atoms with E-state index in [0.717, 1.165) is 67.0 Å². The monoisotopic (exact) mass is 743 g/mol. The number of piperidine rings is 2. The van der Waals surface area contributed by atoms with Crippen molar-refractivity contribution in [2.24, 2.45) is 0 Å². The molecule has 2 aromatic heterocycles. The molecule has 0 bridgehead atoms. The molecule has 4 aromatic rings. The summed E-state index contributed by atoms with van der Waals surface area (Å²) in [6, 6.07) is 19.7. The minimum Gasteiger partial charge on any atom is -0.474 e. The molecule has 2 aromatic carbocycles. The van der Waals surface area contributed by atoms with Gasteiger partial charge in [-0.15, -0.1) is 0 Å². The summed E-state index contributed by atoms with van der Waals surface area (Å²) in [6.07, 6.45) is 6.44. The average Bonchev–Trinajstić information content (AvgIpc) is 3.89. The molecule has 1 unspecified atom stereocenters. The van der Waals surface area contributed by atoms with Crippen LogP contribution >= 0.6 is 0 Å². The lowest BCUT2D eigenvalue weighted by Gasteiger charge is -2.34. The van der Waals surface area contributed by atoms with Gasteiger partial charge in [0, 0.05) is 60.7 Å². The number of fused-ring (bicyclic) bond motifs is 1. The number of imide groups is 2. The van der Waals surface area contributed by atoms with Gasteiger partial charge < -0.3 is 15.0 Å². The number of benzene rings is 2. The summed E-state index contributed by atoms with van der Waals surface area (Å²) in [5.41, 5.74) is 3.96. The molecule has 1 aliphatic carbocycles. The number of pyridine rings is 1. The summed E-state index contributed by atoms with van der Waals surface area (Å²) in [4.78, 5) is 71.6. The highest BCUT2D eigenvalue weighted by molar-refractivity contribution is 6.23. The van der Waals surface area contributed by atoms with Gasteiger partial charge in [-0.3, -0.25) is 38.9 Å². The van der Waals surface area contributed by atoms with Crippen molar-refractivity contribution in [3.05, 3.63) is 101 Å². The highest BCUT2D eigenvalue weighted by Gasteiger charge is 2.45. The molecule has 2 saturated heterocycles. The van der Waals surface area contributed by atoms with E-state index in [1.54, 1.807) is 18.3 Å². The summed E-state index contributed by atoms with van der Waals surface area (Å²) in [6.45, 7) is 7.90. The molecule has 8 rings (SSSR count). The van der Waals surface area contributed by atoms with Gasteiger partial charge >= 0.3 is 0 Å². The topological polar surface area (TPSA) is 156 Å². The molecule has 284 valence electrons. The quantitative estimate of drug-likeness (QED) is 0.214. The first-order valence-corrected chi connectivity index (χ1v) is 19.1. The SMILES string of the molecule is CC(C)(C)n1nc(NC(=O)c2ccc(N3CCC(c4ccc5c(c4)C(=O)N(C4CCC(=O)NC4=O)C5=O)CC3)cc2)cc1[C@H]1CC[C@@H](Oc2ccccn2)C1. The number of aromatic nitrogens is 3. The second-order valence-corrected chi connectivity index (χ2v) is 16.0. The molecule has 3 atom stereocenters. The van der Waals surface area contributed by atoms with Gasteiger partial charge in [-0.1, -0.05) is 12.1 Å². The van der Waals surface area contributed by atoms with E-state index in [-0.39, 0.29) is 47.8 Å². The maximum Gasteiger partial charge on any atom is 0.262 e. The third-order valence-corrected chi connectivity index (χ3v) is 11.3. The molecule has 1 saturated carbocycles. The van der Waals surface area contributed by atoms with Crippen molar-refractivity contribution in [2.45, 2.75) is 95.2 Å². The minimum absolute atomic E-state index is 0.0714. The van der Waals surface area contributed by atoms with Gasteiger partial charge in [0.15, 0.2) is 5.82 Å². The van der Waals surface area contributed by atoms with Crippen LogP contribution in [0.3, 0.4) is 0 Å². The van der Waals surface area contributed by atoms with E-state index in [4.69, 9.17) is 9.84 Å². The number of anilines is 2. The van der Waals surface area contributed by atoms with Crippen molar-refractivity contribution in [3.63, 3.8) is 0 Å². The van der Waals surface area contributed by atoms with Crippen LogP contribution in [0.2, 0.25) is 0 Å². The van der Waals surface area contributed by atoms with Crippen molar-refractivity contribution in [1.29, 1.82) is 0 Å². The second-order valence-electron chi connectivity index (χ2n) is 16.0. The van der Waals surface area contributed by atoms with Crippen molar-refractivity contribution in [2.75, 3.05) is 23.3 Å². The lowest BCUT2D eigenvalue weighted by atomic mass is 9.87. The lowest BCUT2D eigenvalue weighted by Crippen LogP contribution is -2.54. The third-order valence-electron chi connectivity index (χ3n) is 11.3. The molecule has 3 fully saturated rings. The number of nitrogens with one attached hydrogen (secondary N) is 2. The molecule has 0 radical (unpaired) electrons. The van der Waals surface area contributed by atoms with Crippen molar-refractivity contribution in [3.8, 4) is 5.88 Å². The Hall–Kier alpha value is -5.85. The Bertz CT molecular complexity index is 2150. The number of hydrogen-bond acceptors (Lipinski definition) is 9. The summed E-state index contributed by atoms with van der Waals surface area (Å²) < 4.78 is 8.18. The summed E-state index contributed by atoms with van der Waals surface area (Å²) in [5.74, 6) is -0.619. The number of rotatable bonds is 8. The second kappa shape index (κ2) is 14.4. The fourth-order valence-corrected chi connectivity index (χ4v) is 8.41. The number of hydrogen-bond donors (Lipinski definition) is 2. The predicted octanol–water partition coefficient (Wildman–Crippen LogP) is 5.79. The van der Waals surface area contributed by atoms with E-state index >= 15 is 0 Å². The lowest BCUT2D eigenvalue weighted by molar-refractivity contribution is -0.136. The first-order valence-electron chi connectivity index (χ1n) is 19.1. The van der Waals surface area contributed by atoms with Crippen LogP contribution < -0.4 is 20.3 Å². The fraction of sp³-hybridized carbons (Fsp3) is 0.405. The zero-order chi connectivity index (χ0) is 38.4. The Morgan fingerprint density at radius 3 is 2.33 bits per heavy atom. The summed E-state index contributed by atoms with van der Waals surface area (Å²) in [5, 5.41) is 10.1. The summed E-state index contributed by atoms with van der Waals surface area (Å²) >= 11 is 0. The molecule has 4 aliphatic rings. The summed E-state index contributed by atoms with van der Waals surface area (Å²) in [7, 11) is 0. The normalized spacial score (nSPS) is 21.8. The fourth-order valence-electron chi connectivity index (χ4n) is 8.41. The van der Waals surface area contributed by atoms with Crippen LogP contribution in [0.1, 0.15) is 120 Å². The van der Waals surface area contributed by atoms with Gasteiger partial charge in [0.05, 0.1) is 16.7 Å². The van der Waals surface area contributed by atoms with Gasteiger partial charge in [0.2, 0.25) is 17.7 Å². The maximum atomic E-state index is 13.4. The van der Waals surface area contributed by atoms with E-state index < -0.39 is 29.7 Å². The number of amides is 5.